The summed E-state index contributed by atoms with van der Waals surface area (Å²) in [4.78, 5) is 34.8. The molecule has 0 aromatic heterocycles. The van der Waals surface area contributed by atoms with Gasteiger partial charge in [0.2, 0.25) is 11.8 Å². The van der Waals surface area contributed by atoms with E-state index in [1.165, 1.54) is 11.0 Å². The molecule has 2 atom stereocenters. The monoisotopic (exact) mass is 255 g/mol. The third-order valence-corrected chi connectivity index (χ3v) is 2.75. The van der Waals surface area contributed by atoms with Gasteiger partial charge in [0.1, 0.15) is 6.04 Å². The maximum absolute atomic E-state index is 12.0. The number of carbonyl (C=O) groups excluding carboxylic acids is 2. The van der Waals surface area contributed by atoms with E-state index in [2.05, 4.69) is 0 Å². The van der Waals surface area contributed by atoms with Crippen LogP contribution in [0.4, 0.5) is 0 Å². The molecule has 0 spiro atoms. The summed E-state index contributed by atoms with van der Waals surface area (Å²) in [6, 6.07) is -1.88. The molecule has 0 aliphatic carbocycles. The maximum Gasteiger partial charge on any atom is 0.330 e. The first-order chi connectivity index (χ1) is 8.32. The summed E-state index contributed by atoms with van der Waals surface area (Å²) in [5, 5.41) is 9.00. The summed E-state index contributed by atoms with van der Waals surface area (Å²) in [6.45, 7) is 2.00. The van der Waals surface area contributed by atoms with Crippen molar-refractivity contribution in [3.63, 3.8) is 0 Å². The van der Waals surface area contributed by atoms with Gasteiger partial charge in [-0.25, -0.2) is 4.79 Å². The second-order valence-electron chi connectivity index (χ2n) is 4.37. The Morgan fingerprint density at radius 1 is 1.56 bits per heavy atom. The lowest BCUT2D eigenvalue weighted by molar-refractivity contribution is -0.147. The van der Waals surface area contributed by atoms with E-state index in [9.17, 15) is 14.4 Å². The topological polar surface area (TPSA) is 127 Å². The Bertz CT molecular complexity index is 405. The van der Waals surface area contributed by atoms with Crippen molar-refractivity contribution < 1.29 is 19.5 Å². The normalized spacial score (nSPS) is 20.4. The highest BCUT2D eigenvalue weighted by Gasteiger charge is 2.34. The van der Waals surface area contributed by atoms with Crippen molar-refractivity contribution in [2.24, 2.45) is 11.5 Å². The van der Waals surface area contributed by atoms with Crippen LogP contribution in [0.1, 0.15) is 19.8 Å². The van der Waals surface area contributed by atoms with Gasteiger partial charge in [-0.1, -0.05) is 11.6 Å². The van der Waals surface area contributed by atoms with Gasteiger partial charge < -0.3 is 21.5 Å². The highest BCUT2D eigenvalue weighted by Crippen LogP contribution is 2.17. The number of nitrogens with two attached hydrogens (primary N) is 2. The smallest absolute Gasteiger partial charge is 0.330 e. The van der Waals surface area contributed by atoms with E-state index < -0.39 is 29.9 Å². The van der Waals surface area contributed by atoms with E-state index in [1.807, 2.05) is 0 Å². The zero-order valence-electron chi connectivity index (χ0n) is 10.1. The molecule has 1 heterocycles. The van der Waals surface area contributed by atoms with Gasteiger partial charge >= 0.3 is 5.97 Å². The van der Waals surface area contributed by atoms with Gasteiger partial charge in [-0.2, -0.15) is 0 Å². The molecule has 0 aromatic carbocycles. The molecule has 2 amide bonds. The third-order valence-electron chi connectivity index (χ3n) is 2.75. The minimum atomic E-state index is -1.10. The van der Waals surface area contributed by atoms with E-state index in [1.54, 1.807) is 6.92 Å². The zero-order chi connectivity index (χ0) is 13.9. The number of nitrogens with zero attached hydrogens (tertiary/aromatic N) is 1. The fraction of sp³-hybridized carbons (Fsp3) is 0.545. The van der Waals surface area contributed by atoms with Crippen LogP contribution in [-0.4, -0.2) is 46.4 Å². The van der Waals surface area contributed by atoms with Crippen LogP contribution in [0.25, 0.3) is 0 Å². The molecule has 7 nitrogen and oxygen atoms in total. The Morgan fingerprint density at radius 3 is 2.67 bits per heavy atom. The molecule has 0 radical (unpaired) electrons. The highest BCUT2D eigenvalue weighted by molar-refractivity contribution is 5.89. The Hall–Kier alpha value is -1.89. The van der Waals surface area contributed by atoms with Gasteiger partial charge in [-0.3, -0.25) is 9.59 Å². The molecule has 0 bridgehead atoms. The number of aliphatic carboxylic acids is 1. The van der Waals surface area contributed by atoms with Crippen molar-refractivity contribution in [3.8, 4) is 0 Å². The summed E-state index contributed by atoms with van der Waals surface area (Å²) < 4.78 is 0. The van der Waals surface area contributed by atoms with Crippen LogP contribution in [0.5, 0.6) is 0 Å². The Labute approximate surface area is 104 Å². The molecule has 0 aromatic rings. The molecule has 0 saturated heterocycles. The first-order valence-electron chi connectivity index (χ1n) is 5.57. The summed E-state index contributed by atoms with van der Waals surface area (Å²) in [5.74, 6) is -2.11. The molecular formula is C11H17N3O4. The Morgan fingerprint density at radius 2 is 2.17 bits per heavy atom. The van der Waals surface area contributed by atoms with Crippen LogP contribution < -0.4 is 11.5 Å². The van der Waals surface area contributed by atoms with Crippen LogP contribution in [0.15, 0.2) is 11.6 Å². The fourth-order valence-corrected chi connectivity index (χ4v) is 1.83. The molecule has 0 saturated carbocycles. The minimum absolute atomic E-state index is 0.00486. The number of hydrogen-bond donors (Lipinski definition) is 3. The van der Waals surface area contributed by atoms with Crippen LogP contribution in [0.2, 0.25) is 0 Å². The van der Waals surface area contributed by atoms with Crippen molar-refractivity contribution in [1.29, 1.82) is 0 Å². The number of carboxylic acid groups (broad SMARTS) is 1. The summed E-state index contributed by atoms with van der Waals surface area (Å²) >= 11 is 0. The molecule has 7 heteroatoms. The number of primary amides is 1. The van der Waals surface area contributed by atoms with E-state index >= 15 is 0 Å². The van der Waals surface area contributed by atoms with Gasteiger partial charge in [0.15, 0.2) is 0 Å². The van der Waals surface area contributed by atoms with Crippen LogP contribution in [0, 0.1) is 0 Å². The summed E-state index contributed by atoms with van der Waals surface area (Å²) in [6.07, 6.45) is 1.64. The highest BCUT2D eigenvalue weighted by atomic mass is 16.4. The molecule has 1 unspecified atom stereocenters. The van der Waals surface area contributed by atoms with Crippen molar-refractivity contribution in [2.45, 2.75) is 31.8 Å². The average Bonchev–Trinajstić information content (AvgIpc) is 2.67. The second kappa shape index (κ2) is 5.63. The molecule has 1 aliphatic heterocycles. The lowest BCUT2D eigenvalue weighted by Gasteiger charge is -2.24. The first kappa shape index (κ1) is 14.2. The van der Waals surface area contributed by atoms with Crippen LogP contribution >= 0.6 is 0 Å². The molecule has 1 rings (SSSR count). The number of hydrogen-bond acceptors (Lipinski definition) is 4. The van der Waals surface area contributed by atoms with Crippen LogP contribution in [-0.2, 0) is 14.4 Å². The molecule has 100 valence electrons. The largest absolute Gasteiger partial charge is 0.479 e. The van der Waals surface area contributed by atoms with Crippen molar-refractivity contribution in [2.75, 3.05) is 6.54 Å². The summed E-state index contributed by atoms with van der Waals surface area (Å²) in [7, 11) is 0. The fourth-order valence-electron chi connectivity index (χ4n) is 1.83. The van der Waals surface area contributed by atoms with E-state index in [0.29, 0.717) is 0 Å². The van der Waals surface area contributed by atoms with E-state index in [4.69, 9.17) is 16.6 Å². The minimum Gasteiger partial charge on any atom is -0.479 e. The molecular weight excluding hydrogens is 238 g/mol. The Balaban J connectivity index is 2.66. The molecule has 0 fully saturated rings. The molecule has 5 N–H and O–H groups in total. The number of carboxylic acids is 1. The zero-order valence-corrected chi connectivity index (χ0v) is 10.1. The van der Waals surface area contributed by atoms with Crippen LogP contribution in [0.3, 0.4) is 0 Å². The molecule has 18 heavy (non-hydrogen) atoms. The van der Waals surface area contributed by atoms with Gasteiger partial charge in [-0.05, 0) is 13.3 Å². The van der Waals surface area contributed by atoms with Crippen molar-refractivity contribution in [1.82, 2.24) is 4.90 Å². The van der Waals surface area contributed by atoms with Gasteiger partial charge in [-0.15, -0.1) is 0 Å². The van der Waals surface area contributed by atoms with Crippen molar-refractivity contribution >= 4 is 17.8 Å². The maximum atomic E-state index is 12.0. The predicted molar refractivity (Wildman–Crippen MR) is 63.3 cm³/mol. The number of carbonyl (C=O) groups is 3. The number of rotatable bonds is 5. The van der Waals surface area contributed by atoms with Gasteiger partial charge in [0, 0.05) is 13.0 Å². The second-order valence-corrected chi connectivity index (χ2v) is 4.37. The first-order valence-corrected chi connectivity index (χ1v) is 5.57. The van der Waals surface area contributed by atoms with E-state index in [-0.39, 0.29) is 19.4 Å². The lowest BCUT2D eigenvalue weighted by atomic mass is 10.1. The SMILES string of the molecule is CC1=CC(C(=O)O)N(C(=O)[C@@H](N)CCC(N)=O)C1. The Kier molecular flexibility index (Phi) is 4.43. The number of amides is 2. The van der Waals surface area contributed by atoms with Gasteiger partial charge in [0.05, 0.1) is 6.04 Å². The summed E-state index contributed by atoms with van der Waals surface area (Å²) in [5.41, 5.74) is 11.4. The lowest BCUT2D eigenvalue weighted by Crippen LogP contribution is -2.49. The van der Waals surface area contributed by atoms with E-state index in [0.717, 1.165) is 5.57 Å². The average molecular weight is 255 g/mol. The van der Waals surface area contributed by atoms with Crippen molar-refractivity contribution in [3.05, 3.63) is 11.6 Å². The predicted octanol–water partition coefficient (Wildman–Crippen LogP) is -1.18. The standard InChI is InChI=1S/C11H17N3O4/c1-6-4-8(11(17)18)14(5-6)10(16)7(12)2-3-9(13)15/h4,7-8H,2-3,5,12H2,1H3,(H2,13,15)(H,17,18)/t7-,8?/m0/s1. The molecule has 1 aliphatic rings. The van der Waals surface area contributed by atoms with Gasteiger partial charge in [0.25, 0.3) is 0 Å². The quantitative estimate of drug-likeness (QED) is 0.533. The third kappa shape index (κ3) is 3.30.